The standard InChI is InChI=1S/C20H21FN4O2S3/c1-12(2)18(15-7-4-8-29-15)23-16(26)10-28-11-17-24-25-20(30-17)19(27)22-14-6-3-5-13(21)9-14/h3-9,12,18H,10-11H2,1-2H3,(H,22,27)(H,23,26)/t18-/m0/s1. The molecule has 0 radical (unpaired) electrons. The molecule has 1 aromatic carbocycles. The molecule has 10 heteroatoms. The zero-order valence-corrected chi connectivity index (χ0v) is 18.9. The number of amides is 2. The molecule has 0 saturated heterocycles. The van der Waals surface area contributed by atoms with Crippen molar-refractivity contribution in [2.75, 3.05) is 11.1 Å². The molecule has 2 heterocycles. The summed E-state index contributed by atoms with van der Waals surface area (Å²) in [6.45, 7) is 4.16. The lowest BCUT2D eigenvalue weighted by Crippen LogP contribution is -2.32. The van der Waals surface area contributed by atoms with Crippen LogP contribution in [0.3, 0.4) is 0 Å². The average Bonchev–Trinajstić information content (AvgIpc) is 3.38. The van der Waals surface area contributed by atoms with E-state index in [1.165, 1.54) is 30.0 Å². The van der Waals surface area contributed by atoms with Crippen LogP contribution in [0.4, 0.5) is 10.1 Å². The van der Waals surface area contributed by atoms with Gasteiger partial charge in [-0.3, -0.25) is 9.59 Å². The lowest BCUT2D eigenvalue weighted by atomic mass is 10.0. The third-order valence-corrected chi connectivity index (χ3v) is 7.04. The summed E-state index contributed by atoms with van der Waals surface area (Å²) in [4.78, 5) is 25.7. The molecule has 0 saturated carbocycles. The average molecular weight is 465 g/mol. The van der Waals surface area contributed by atoms with Gasteiger partial charge in [0.15, 0.2) is 0 Å². The molecule has 1 atom stereocenters. The van der Waals surface area contributed by atoms with E-state index in [1.807, 2.05) is 17.5 Å². The maximum Gasteiger partial charge on any atom is 0.286 e. The van der Waals surface area contributed by atoms with Gasteiger partial charge >= 0.3 is 0 Å². The molecule has 30 heavy (non-hydrogen) atoms. The molecule has 0 bridgehead atoms. The van der Waals surface area contributed by atoms with E-state index in [-0.39, 0.29) is 17.0 Å². The second kappa shape index (κ2) is 10.6. The van der Waals surface area contributed by atoms with Gasteiger partial charge in [-0.25, -0.2) is 4.39 Å². The summed E-state index contributed by atoms with van der Waals surface area (Å²) < 4.78 is 13.2. The summed E-state index contributed by atoms with van der Waals surface area (Å²) >= 11 is 4.20. The molecular formula is C20H21FN4O2S3. The third kappa shape index (κ3) is 6.35. The minimum Gasteiger partial charge on any atom is -0.348 e. The Balaban J connectivity index is 1.47. The first-order valence-electron chi connectivity index (χ1n) is 9.22. The first-order chi connectivity index (χ1) is 14.4. The molecule has 0 fully saturated rings. The molecule has 2 N–H and O–H groups in total. The fraction of sp³-hybridized carbons (Fsp3) is 0.300. The number of carbonyl (C=O) groups excluding carboxylic acids is 2. The van der Waals surface area contributed by atoms with Crippen LogP contribution in [-0.4, -0.2) is 27.8 Å². The van der Waals surface area contributed by atoms with Crippen LogP contribution >= 0.6 is 34.4 Å². The molecule has 0 aliphatic rings. The predicted octanol–water partition coefficient (Wildman–Crippen LogP) is 4.74. The molecule has 2 aromatic heterocycles. The maximum atomic E-state index is 13.2. The molecule has 2 amide bonds. The molecule has 0 aliphatic carbocycles. The zero-order chi connectivity index (χ0) is 21.5. The minimum atomic E-state index is -0.442. The number of hydrogen-bond donors (Lipinski definition) is 2. The monoisotopic (exact) mass is 464 g/mol. The normalized spacial score (nSPS) is 12.0. The Kier molecular flexibility index (Phi) is 7.94. The van der Waals surface area contributed by atoms with E-state index in [0.29, 0.717) is 28.1 Å². The molecule has 0 aliphatic heterocycles. The first kappa shape index (κ1) is 22.4. The van der Waals surface area contributed by atoms with Gasteiger partial charge in [-0.1, -0.05) is 37.3 Å². The summed E-state index contributed by atoms with van der Waals surface area (Å²) in [5.74, 6) is 0.144. The van der Waals surface area contributed by atoms with E-state index in [9.17, 15) is 14.0 Å². The largest absolute Gasteiger partial charge is 0.348 e. The van der Waals surface area contributed by atoms with Crippen LogP contribution in [0.1, 0.15) is 39.6 Å². The Morgan fingerprint density at radius 3 is 2.73 bits per heavy atom. The second-order valence-corrected chi connectivity index (χ2v) is 9.79. The fourth-order valence-electron chi connectivity index (χ4n) is 2.64. The van der Waals surface area contributed by atoms with Gasteiger partial charge in [0.05, 0.1) is 11.8 Å². The highest BCUT2D eigenvalue weighted by molar-refractivity contribution is 7.99. The molecule has 3 aromatic rings. The summed E-state index contributed by atoms with van der Waals surface area (Å²) in [6.07, 6.45) is 0. The summed E-state index contributed by atoms with van der Waals surface area (Å²) in [7, 11) is 0. The summed E-state index contributed by atoms with van der Waals surface area (Å²) in [5, 5.41) is 16.4. The number of carbonyl (C=O) groups is 2. The number of halogens is 1. The van der Waals surface area contributed by atoms with Crippen LogP contribution in [0, 0.1) is 11.7 Å². The lowest BCUT2D eigenvalue weighted by Gasteiger charge is -2.21. The van der Waals surface area contributed by atoms with Gasteiger partial charge in [0.2, 0.25) is 10.9 Å². The highest BCUT2D eigenvalue weighted by Crippen LogP contribution is 2.26. The first-order valence-corrected chi connectivity index (χ1v) is 12.1. The van der Waals surface area contributed by atoms with Crippen LogP contribution in [0.5, 0.6) is 0 Å². The van der Waals surface area contributed by atoms with Crippen molar-refractivity contribution >= 4 is 51.9 Å². The van der Waals surface area contributed by atoms with E-state index in [2.05, 4.69) is 34.7 Å². The molecular weight excluding hydrogens is 443 g/mol. The molecule has 6 nitrogen and oxygen atoms in total. The lowest BCUT2D eigenvalue weighted by molar-refractivity contribution is -0.119. The highest BCUT2D eigenvalue weighted by Gasteiger charge is 2.19. The van der Waals surface area contributed by atoms with Crippen LogP contribution in [-0.2, 0) is 10.5 Å². The number of aromatic nitrogens is 2. The number of thiophene rings is 1. The SMILES string of the molecule is CC(C)[C@H](NC(=O)CSCc1nnc(C(=O)Nc2cccc(F)c2)s1)c1cccs1. The van der Waals surface area contributed by atoms with Gasteiger partial charge < -0.3 is 10.6 Å². The minimum absolute atomic E-state index is 0.00208. The van der Waals surface area contributed by atoms with E-state index >= 15 is 0 Å². The Morgan fingerprint density at radius 1 is 1.20 bits per heavy atom. The van der Waals surface area contributed by atoms with Gasteiger partial charge in [-0.15, -0.1) is 33.3 Å². The van der Waals surface area contributed by atoms with Crippen molar-refractivity contribution < 1.29 is 14.0 Å². The number of benzene rings is 1. The van der Waals surface area contributed by atoms with E-state index in [4.69, 9.17) is 0 Å². The van der Waals surface area contributed by atoms with Crippen molar-refractivity contribution in [3.63, 3.8) is 0 Å². The van der Waals surface area contributed by atoms with Crippen molar-refractivity contribution in [1.29, 1.82) is 0 Å². The van der Waals surface area contributed by atoms with Crippen LogP contribution in [0.15, 0.2) is 41.8 Å². The van der Waals surface area contributed by atoms with Gasteiger partial charge in [0.25, 0.3) is 5.91 Å². The number of anilines is 1. The van der Waals surface area contributed by atoms with Crippen molar-refractivity contribution in [2.24, 2.45) is 5.92 Å². The van der Waals surface area contributed by atoms with Gasteiger partial charge in [0.1, 0.15) is 10.8 Å². The highest BCUT2D eigenvalue weighted by atomic mass is 32.2. The van der Waals surface area contributed by atoms with Crippen molar-refractivity contribution in [2.45, 2.75) is 25.6 Å². The number of nitrogens with zero attached hydrogens (tertiary/aromatic N) is 2. The predicted molar refractivity (Wildman–Crippen MR) is 120 cm³/mol. The Morgan fingerprint density at radius 2 is 2.03 bits per heavy atom. The molecule has 3 rings (SSSR count). The molecule has 158 valence electrons. The number of hydrogen-bond acceptors (Lipinski definition) is 7. The number of nitrogens with one attached hydrogen (secondary N) is 2. The zero-order valence-electron chi connectivity index (χ0n) is 16.4. The van der Waals surface area contributed by atoms with Gasteiger partial charge in [-0.05, 0) is 35.6 Å². The smallest absolute Gasteiger partial charge is 0.286 e. The quantitative estimate of drug-likeness (QED) is 0.478. The van der Waals surface area contributed by atoms with Crippen molar-refractivity contribution in [3.05, 3.63) is 62.5 Å². The van der Waals surface area contributed by atoms with Crippen LogP contribution < -0.4 is 10.6 Å². The van der Waals surface area contributed by atoms with Gasteiger partial charge in [0, 0.05) is 16.3 Å². The third-order valence-electron chi connectivity index (χ3n) is 4.04. The van der Waals surface area contributed by atoms with E-state index < -0.39 is 11.7 Å². The maximum absolute atomic E-state index is 13.2. The number of thioether (sulfide) groups is 1. The molecule has 0 unspecified atom stereocenters. The fourth-order valence-corrected chi connectivity index (χ4v) is 5.20. The Bertz CT molecular complexity index is 992. The topological polar surface area (TPSA) is 84.0 Å². The Labute approximate surface area is 186 Å². The van der Waals surface area contributed by atoms with Crippen LogP contribution in [0.25, 0.3) is 0 Å². The molecule has 0 spiro atoms. The second-order valence-electron chi connectivity index (χ2n) is 6.76. The summed E-state index contributed by atoms with van der Waals surface area (Å²) in [5.41, 5.74) is 0.355. The van der Waals surface area contributed by atoms with E-state index in [1.54, 1.807) is 17.4 Å². The summed E-state index contributed by atoms with van der Waals surface area (Å²) in [6, 6.07) is 9.65. The Hall–Kier alpha value is -2.30. The number of rotatable bonds is 9. The van der Waals surface area contributed by atoms with E-state index in [0.717, 1.165) is 16.2 Å². The van der Waals surface area contributed by atoms with Crippen molar-refractivity contribution in [1.82, 2.24) is 15.5 Å². The van der Waals surface area contributed by atoms with Crippen LogP contribution in [0.2, 0.25) is 0 Å². The van der Waals surface area contributed by atoms with Gasteiger partial charge in [-0.2, -0.15) is 0 Å². The van der Waals surface area contributed by atoms with Crippen molar-refractivity contribution in [3.8, 4) is 0 Å².